The predicted octanol–water partition coefficient (Wildman–Crippen LogP) is 5.77. The van der Waals surface area contributed by atoms with E-state index in [0.29, 0.717) is 39.9 Å². The number of amides is 1. The van der Waals surface area contributed by atoms with Gasteiger partial charge in [-0.25, -0.2) is 0 Å². The Labute approximate surface area is 180 Å². The maximum absolute atomic E-state index is 12.7. The SMILES string of the molecule is CCOc1ccc(C(=O)Nc2cccc(C(C)=O)c2)cc1COc1ccc(Cl)cc1. The Hall–Kier alpha value is -3.31. The van der Waals surface area contributed by atoms with Crippen molar-refractivity contribution in [3.8, 4) is 11.5 Å². The summed E-state index contributed by atoms with van der Waals surface area (Å²) >= 11 is 5.91. The van der Waals surface area contributed by atoms with E-state index in [1.165, 1.54) is 6.92 Å². The standard InChI is InChI=1S/C24H22ClNO4/c1-3-29-23-12-7-18(13-19(23)15-30-22-10-8-20(25)9-11-22)24(28)26-21-6-4-5-17(14-21)16(2)27/h4-14H,3,15H2,1-2H3,(H,26,28). The lowest BCUT2D eigenvalue weighted by atomic mass is 10.1. The van der Waals surface area contributed by atoms with Crippen LogP contribution in [0, 0.1) is 0 Å². The molecule has 0 aromatic heterocycles. The summed E-state index contributed by atoms with van der Waals surface area (Å²) in [6, 6.07) is 19.1. The Bertz CT molecular complexity index is 1050. The second kappa shape index (κ2) is 9.94. The van der Waals surface area contributed by atoms with Gasteiger partial charge in [0.15, 0.2) is 5.78 Å². The minimum absolute atomic E-state index is 0.0613. The van der Waals surface area contributed by atoms with Crippen molar-refractivity contribution in [1.29, 1.82) is 0 Å². The van der Waals surface area contributed by atoms with Crippen molar-refractivity contribution in [1.82, 2.24) is 0 Å². The molecule has 6 heteroatoms. The molecule has 0 unspecified atom stereocenters. The van der Waals surface area contributed by atoms with Gasteiger partial charge in [-0.15, -0.1) is 0 Å². The Morgan fingerprint density at radius 1 is 0.933 bits per heavy atom. The van der Waals surface area contributed by atoms with Gasteiger partial charge in [0.2, 0.25) is 0 Å². The molecular weight excluding hydrogens is 402 g/mol. The number of anilines is 1. The summed E-state index contributed by atoms with van der Waals surface area (Å²) in [5.74, 6) is 0.972. The largest absolute Gasteiger partial charge is 0.493 e. The van der Waals surface area contributed by atoms with Gasteiger partial charge in [0.1, 0.15) is 18.1 Å². The molecule has 0 heterocycles. The fourth-order valence-corrected chi connectivity index (χ4v) is 2.97. The van der Waals surface area contributed by atoms with E-state index in [9.17, 15) is 9.59 Å². The van der Waals surface area contributed by atoms with Crippen LogP contribution in [0.1, 0.15) is 40.1 Å². The summed E-state index contributed by atoms with van der Waals surface area (Å²) in [7, 11) is 0. The van der Waals surface area contributed by atoms with E-state index in [1.807, 2.05) is 6.92 Å². The fraction of sp³-hybridized carbons (Fsp3) is 0.167. The Kier molecular flexibility index (Phi) is 7.09. The van der Waals surface area contributed by atoms with Crippen LogP contribution in [0.2, 0.25) is 5.02 Å². The molecule has 1 N–H and O–H groups in total. The number of benzene rings is 3. The van der Waals surface area contributed by atoms with Crippen LogP contribution in [0.3, 0.4) is 0 Å². The molecule has 0 bridgehead atoms. The molecule has 0 spiro atoms. The third-order valence-corrected chi connectivity index (χ3v) is 4.61. The van der Waals surface area contributed by atoms with Crippen LogP contribution in [0.5, 0.6) is 11.5 Å². The minimum Gasteiger partial charge on any atom is -0.493 e. The monoisotopic (exact) mass is 423 g/mol. The second-order valence-corrected chi connectivity index (χ2v) is 7.03. The number of Topliss-reactive ketones (excluding diaryl/α,β-unsaturated/α-hetero) is 1. The summed E-state index contributed by atoms with van der Waals surface area (Å²) in [4.78, 5) is 24.3. The van der Waals surface area contributed by atoms with Crippen LogP contribution in [0.15, 0.2) is 66.7 Å². The van der Waals surface area contributed by atoms with Gasteiger partial charge >= 0.3 is 0 Å². The zero-order valence-corrected chi connectivity index (χ0v) is 17.5. The van der Waals surface area contributed by atoms with Crippen molar-refractivity contribution in [3.05, 3.63) is 88.4 Å². The number of nitrogens with one attached hydrogen (secondary N) is 1. The third kappa shape index (κ3) is 5.61. The van der Waals surface area contributed by atoms with Gasteiger partial charge in [0.05, 0.1) is 6.61 Å². The molecule has 154 valence electrons. The molecule has 0 aliphatic carbocycles. The number of ketones is 1. The number of halogens is 1. The average Bonchev–Trinajstić information content (AvgIpc) is 2.74. The zero-order chi connectivity index (χ0) is 21.5. The molecule has 5 nitrogen and oxygen atoms in total. The van der Waals surface area contributed by atoms with Crippen molar-refractivity contribution in [2.24, 2.45) is 0 Å². The Balaban J connectivity index is 1.78. The number of carbonyl (C=O) groups excluding carboxylic acids is 2. The molecule has 0 atom stereocenters. The molecule has 0 aliphatic rings. The van der Waals surface area contributed by atoms with Gasteiger partial charge in [0.25, 0.3) is 5.91 Å². The smallest absolute Gasteiger partial charge is 0.255 e. The van der Waals surface area contributed by atoms with Crippen LogP contribution in [0.25, 0.3) is 0 Å². The summed E-state index contributed by atoms with van der Waals surface area (Å²) in [6.45, 7) is 4.11. The quantitative estimate of drug-likeness (QED) is 0.467. The molecular formula is C24H22ClNO4. The van der Waals surface area contributed by atoms with E-state index in [0.717, 1.165) is 5.56 Å². The van der Waals surface area contributed by atoms with Gasteiger partial charge in [-0.1, -0.05) is 23.7 Å². The second-order valence-electron chi connectivity index (χ2n) is 6.59. The first-order valence-electron chi connectivity index (χ1n) is 9.52. The molecule has 0 saturated carbocycles. The highest BCUT2D eigenvalue weighted by Crippen LogP contribution is 2.24. The lowest BCUT2D eigenvalue weighted by Crippen LogP contribution is -2.13. The molecule has 1 amide bonds. The van der Waals surface area contributed by atoms with E-state index in [-0.39, 0.29) is 18.3 Å². The average molecular weight is 424 g/mol. The Morgan fingerprint density at radius 3 is 2.40 bits per heavy atom. The van der Waals surface area contributed by atoms with Crippen LogP contribution >= 0.6 is 11.6 Å². The molecule has 30 heavy (non-hydrogen) atoms. The number of ether oxygens (including phenoxy) is 2. The van der Waals surface area contributed by atoms with E-state index < -0.39 is 0 Å². The molecule has 0 saturated heterocycles. The number of hydrogen-bond donors (Lipinski definition) is 1. The van der Waals surface area contributed by atoms with Gasteiger partial charge in [-0.05, 0) is 68.4 Å². The fourth-order valence-electron chi connectivity index (χ4n) is 2.84. The maximum Gasteiger partial charge on any atom is 0.255 e. The first-order chi connectivity index (χ1) is 14.5. The van der Waals surface area contributed by atoms with Crippen LogP contribution in [0.4, 0.5) is 5.69 Å². The van der Waals surface area contributed by atoms with Gasteiger partial charge < -0.3 is 14.8 Å². The predicted molar refractivity (Wildman–Crippen MR) is 118 cm³/mol. The van der Waals surface area contributed by atoms with Gasteiger partial charge in [-0.2, -0.15) is 0 Å². The van der Waals surface area contributed by atoms with Crippen molar-refractivity contribution in [2.45, 2.75) is 20.5 Å². The molecule has 3 rings (SSSR count). The number of carbonyl (C=O) groups is 2. The molecule has 0 aliphatic heterocycles. The first kappa shape index (κ1) is 21.4. The lowest BCUT2D eigenvalue weighted by molar-refractivity contribution is 0.101. The van der Waals surface area contributed by atoms with Crippen molar-refractivity contribution in [3.63, 3.8) is 0 Å². The lowest BCUT2D eigenvalue weighted by Gasteiger charge is -2.14. The highest BCUT2D eigenvalue weighted by Gasteiger charge is 2.12. The normalized spacial score (nSPS) is 10.4. The summed E-state index contributed by atoms with van der Waals surface area (Å²) in [5.41, 5.74) is 2.30. The highest BCUT2D eigenvalue weighted by atomic mass is 35.5. The molecule has 0 fully saturated rings. The van der Waals surface area contributed by atoms with Crippen molar-refractivity contribution >= 4 is 29.0 Å². The number of rotatable bonds is 8. The van der Waals surface area contributed by atoms with Crippen LogP contribution < -0.4 is 14.8 Å². The van der Waals surface area contributed by atoms with E-state index in [2.05, 4.69) is 5.32 Å². The maximum atomic E-state index is 12.7. The van der Waals surface area contributed by atoms with Gasteiger partial charge in [-0.3, -0.25) is 9.59 Å². The molecule has 0 radical (unpaired) electrons. The van der Waals surface area contributed by atoms with Crippen molar-refractivity contribution < 1.29 is 19.1 Å². The summed E-state index contributed by atoms with van der Waals surface area (Å²) < 4.78 is 11.5. The number of hydrogen-bond acceptors (Lipinski definition) is 4. The van der Waals surface area contributed by atoms with E-state index in [1.54, 1.807) is 66.7 Å². The molecule has 3 aromatic carbocycles. The summed E-state index contributed by atoms with van der Waals surface area (Å²) in [6.07, 6.45) is 0. The minimum atomic E-state index is -0.286. The van der Waals surface area contributed by atoms with E-state index >= 15 is 0 Å². The summed E-state index contributed by atoms with van der Waals surface area (Å²) in [5, 5.41) is 3.45. The molecule has 3 aromatic rings. The third-order valence-electron chi connectivity index (χ3n) is 4.36. The topological polar surface area (TPSA) is 64.6 Å². The Morgan fingerprint density at radius 2 is 1.70 bits per heavy atom. The highest BCUT2D eigenvalue weighted by molar-refractivity contribution is 6.30. The van der Waals surface area contributed by atoms with E-state index in [4.69, 9.17) is 21.1 Å². The van der Waals surface area contributed by atoms with Crippen LogP contribution in [-0.4, -0.2) is 18.3 Å². The zero-order valence-electron chi connectivity index (χ0n) is 16.8. The first-order valence-corrected chi connectivity index (χ1v) is 9.90. The van der Waals surface area contributed by atoms with Crippen LogP contribution in [-0.2, 0) is 6.61 Å². The van der Waals surface area contributed by atoms with Gasteiger partial charge in [0, 0.05) is 27.4 Å². The van der Waals surface area contributed by atoms with Crippen molar-refractivity contribution in [2.75, 3.05) is 11.9 Å².